The van der Waals surface area contributed by atoms with Gasteiger partial charge in [0.15, 0.2) is 0 Å². The quantitative estimate of drug-likeness (QED) is 0.777. The SMILES string of the molecule is CCN(CC1CC1)C1CC(C)CCC1CN. The highest BCUT2D eigenvalue weighted by molar-refractivity contribution is 4.88. The van der Waals surface area contributed by atoms with Crippen molar-refractivity contribution in [3.8, 4) is 0 Å². The molecule has 3 unspecified atom stereocenters. The first-order valence-electron chi connectivity index (χ1n) is 7.18. The molecule has 0 heterocycles. The molecule has 0 aromatic carbocycles. The summed E-state index contributed by atoms with van der Waals surface area (Å²) in [6.07, 6.45) is 7.05. The fourth-order valence-corrected chi connectivity index (χ4v) is 3.27. The van der Waals surface area contributed by atoms with E-state index >= 15 is 0 Å². The van der Waals surface area contributed by atoms with Crippen LogP contribution in [0.5, 0.6) is 0 Å². The van der Waals surface area contributed by atoms with Crippen molar-refractivity contribution in [3.63, 3.8) is 0 Å². The van der Waals surface area contributed by atoms with Crippen molar-refractivity contribution in [2.75, 3.05) is 19.6 Å². The minimum atomic E-state index is 0.759. The predicted octanol–water partition coefficient (Wildman–Crippen LogP) is 2.48. The predicted molar refractivity (Wildman–Crippen MR) is 69.3 cm³/mol. The second-order valence-corrected chi connectivity index (χ2v) is 6.01. The van der Waals surface area contributed by atoms with Crippen molar-refractivity contribution < 1.29 is 0 Å². The standard InChI is InChI=1S/C14H28N2/c1-3-16(10-12-5-6-12)14-8-11(2)4-7-13(14)9-15/h11-14H,3-10,15H2,1-2H3. The van der Waals surface area contributed by atoms with Gasteiger partial charge in [0, 0.05) is 12.6 Å². The van der Waals surface area contributed by atoms with Crippen molar-refractivity contribution in [1.82, 2.24) is 4.90 Å². The molecule has 2 fully saturated rings. The molecule has 0 amide bonds. The highest BCUT2D eigenvalue weighted by Crippen LogP contribution is 2.35. The topological polar surface area (TPSA) is 29.3 Å². The Balaban J connectivity index is 1.94. The summed E-state index contributed by atoms with van der Waals surface area (Å²) >= 11 is 0. The van der Waals surface area contributed by atoms with Crippen LogP contribution in [0.15, 0.2) is 0 Å². The summed E-state index contributed by atoms with van der Waals surface area (Å²) in [7, 11) is 0. The first kappa shape index (κ1) is 12.4. The lowest BCUT2D eigenvalue weighted by Gasteiger charge is -2.41. The van der Waals surface area contributed by atoms with E-state index in [1.54, 1.807) is 0 Å². The van der Waals surface area contributed by atoms with Gasteiger partial charge >= 0.3 is 0 Å². The van der Waals surface area contributed by atoms with Crippen LogP contribution in [0.3, 0.4) is 0 Å². The van der Waals surface area contributed by atoms with Crippen LogP contribution in [0.2, 0.25) is 0 Å². The van der Waals surface area contributed by atoms with Gasteiger partial charge in [0.1, 0.15) is 0 Å². The van der Waals surface area contributed by atoms with Gasteiger partial charge in [-0.3, -0.25) is 0 Å². The summed E-state index contributed by atoms with van der Waals surface area (Å²) in [5.41, 5.74) is 5.95. The van der Waals surface area contributed by atoms with Gasteiger partial charge in [-0.25, -0.2) is 0 Å². The molecular formula is C14H28N2. The monoisotopic (exact) mass is 224 g/mol. The molecule has 0 aromatic heterocycles. The zero-order valence-corrected chi connectivity index (χ0v) is 11.0. The lowest BCUT2D eigenvalue weighted by atomic mass is 9.78. The summed E-state index contributed by atoms with van der Waals surface area (Å²) < 4.78 is 0. The maximum Gasteiger partial charge on any atom is 0.0138 e. The van der Waals surface area contributed by atoms with Crippen molar-refractivity contribution in [1.29, 1.82) is 0 Å². The van der Waals surface area contributed by atoms with Crippen molar-refractivity contribution in [3.05, 3.63) is 0 Å². The molecule has 2 saturated carbocycles. The summed E-state index contributed by atoms with van der Waals surface area (Å²) in [5.74, 6) is 2.67. The van der Waals surface area contributed by atoms with E-state index in [0.717, 1.165) is 30.3 Å². The van der Waals surface area contributed by atoms with Gasteiger partial charge in [-0.15, -0.1) is 0 Å². The zero-order valence-electron chi connectivity index (χ0n) is 11.0. The number of nitrogens with zero attached hydrogens (tertiary/aromatic N) is 1. The molecule has 2 N–H and O–H groups in total. The molecule has 2 aliphatic rings. The Morgan fingerprint density at radius 3 is 2.50 bits per heavy atom. The lowest BCUT2D eigenvalue weighted by molar-refractivity contribution is 0.0863. The molecule has 0 spiro atoms. The largest absolute Gasteiger partial charge is 0.330 e. The lowest BCUT2D eigenvalue weighted by Crippen LogP contribution is -2.47. The number of hydrogen-bond acceptors (Lipinski definition) is 2. The van der Waals surface area contributed by atoms with E-state index in [-0.39, 0.29) is 0 Å². The first-order valence-corrected chi connectivity index (χ1v) is 7.18. The van der Waals surface area contributed by atoms with Crippen LogP contribution in [0, 0.1) is 17.8 Å². The smallest absolute Gasteiger partial charge is 0.0138 e. The second kappa shape index (κ2) is 5.50. The van der Waals surface area contributed by atoms with E-state index in [9.17, 15) is 0 Å². The second-order valence-electron chi connectivity index (χ2n) is 6.01. The van der Waals surface area contributed by atoms with Crippen LogP contribution in [0.1, 0.15) is 46.0 Å². The van der Waals surface area contributed by atoms with Crippen molar-refractivity contribution in [2.45, 2.75) is 52.0 Å². The minimum absolute atomic E-state index is 0.759. The normalized spacial score (nSPS) is 35.6. The minimum Gasteiger partial charge on any atom is -0.330 e. The van der Waals surface area contributed by atoms with Gasteiger partial charge in [0.05, 0.1) is 0 Å². The third kappa shape index (κ3) is 2.98. The summed E-state index contributed by atoms with van der Waals surface area (Å²) in [4.78, 5) is 2.73. The van der Waals surface area contributed by atoms with E-state index in [2.05, 4.69) is 18.7 Å². The maximum atomic E-state index is 5.95. The van der Waals surface area contributed by atoms with Gasteiger partial charge < -0.3 is 10.6 Å². The van der Waals surface area contributed by atoms with Gasteiger partial charge in [-0.2, -0.15) is 0 Å². The Bertz CT molecular complexity index is 213. The average molecular weight is 224 g/mol. The molecule has 0 aliphatic heterocycles. The average Bonchev–Trinajstić information content (AvgIpc) is 3.09. The van der Waals surface area contributed by atoms with Crippen molar-refractivity contribution in [2.24, 2.45) is 23.5 Å². The Kier molecular flexibility index (Phi) is 4.26. The third-order valence-electron chi connectivity index (χ3n) is 4.59. The maximum absolute atomic E-state index is 5.95. The van der Waals surface area contributed by atoms with Crippen LogP contribution in [-0.4, -0.2) is 30.6 Å². The Labute approximate surface area is 101 Å². The molecule has 2 rings (SSSR count). The fourth-order valence-electron chi connectivity index (χ4n) is 3.27. The van der Waals surface area contributed by atoms with E-state index in [1.807, 2.05) is 0 Å². The molecule has 0 bridgehead atoms. The summed E-state index contributed by atoms with van der Waals surface area (Å²) in [6, 6.07) is 0.777. The van der Waals surface area contributed by atoms with Crippen LogP contribution < -0.4 is 5.73 Å². The highest BCUT2D eigenvalue weighted by atomic mass is 15.2. The first-order chi connectivity index (χ1) is 7.74. The fraction of sp³-hybridized carbons (Fsp3) is 1.00. The van der Waals surface area contributed by atoms with Crippen LogP contribution >= 0.6 is 0 Å². The van der Waals surface area contributed by atoms with Gasteiger partial charge in [0.2, 0.25) is 0 Å². The zero-order chi connectivity index (χ0) is 11.5. The van der Waals surface area contributed by atoms with E-state index in [1.165, 1.54) is 45.2 Å². The van der Waals surface area contributed by atoms with Crippen LogP contribution in [0.25, 0.3) is 0 Å². The molecule has 3 atom stereocenters. The van der Waals surface area contributed by atoms with Gasteiger partial charge in [0.25, 0.3) is 0 Å². The molecule has 94 valence electrons. The van der Waals surface area contributed by atoms with Gasteiger partial charge in [-0.05, 0) is 56.5 Å². The Morgan fingerprint density at radius 1 is 1.19 bits per heavy atom. The molecule has 2 nitrogen and oxygen atoms in total. The number of nitrogens with two attached hydrogens (primary N) is 1. The Morgan fingerprint density at radius 2 is 1.94 bits per heavy atom. The molecule has 2 aliphatic carbocycles. The molecule has 2 heteroatoms. The van der Waals surface area contributed by atoms with E-state index in [0.29, 0.717) is 0 Å². The molecular weight excluding hydrogens is 196 g/mol. The third-order valence-corrected chi connectivity index (χ3v) is 4.59. The molecule has 16 heavy (non-hydrogen) atoms. The summed E-state index contributed by atoms with van der Waals surface area (Å²) in [5, 5.41) is 0. The summed E-state index contributed by atoms with van der Waals surface area (Å²) in [6.45, 7) is 8.16. The number of hydrogen-bond donors (Lipinski definition) is 1. The van der Waals surface area contributed by atoms with Gasteiger partial charge in [-0.1, -0.05) is 20.3 Å². The molecule has 0 saturated heterocycles. The van der Waals surface area contributed by atoms with Crippen LogP contribution in [-0.2, 0) is 0 Å². The Hall–Kier alpha value is -0.0800. The molecule has 0 aromatic rings. The number of rotatable bonds is 5. The van der Waals surface area contributed by atoms with E-state index in [4.69, 9.17) is 5.73 Å². The highest BCUT2D eigenvalue weighted by Gasteiger charge is 2.34. The molecule has 0 radical (unpaired) electrons. The van der Waals surface area contributed by atoms with E-state index < -0.39 is 0 Å². The van der Waals surface area contributed by atoms with Crippen molar-refractivity contribution >= 4 is 0 Å². The van der Waals surface area contributed by atoms with Crippen LogP contribution in [0.4, 0.5) is 0 Å².